The largest absolute Gasteiger partial charge is 0.459 e. The number of hydrazone groups is 1. The maximum absolute atomic E-state index is 13.5. The van der Waals surface area contributed by atoms with Gasteiger partial charge in [0.1, 0.15) is 11.5 Å². The van der Waals surface area contributed by atoms with Crippen molar-refractivity contribution >= 4 is 80.1 Å². The lowest BCUT2D eigenvalue weighted by molar-refractivity contribution is -0.137. The van der Waals surface area contributed by atoms with E-state index in [-0.39, 0.29) is 40.2 Å². The van der Waals surface area contributed by atoms with Crippen molar-refractivity contribution in [3.05, 3.63) is 116 Å². The highest BCUT2D eigenvalue weighted by atomic mass is 35.5. The van der Waals surface area contributed by atoms with Crippen LogP contribution < -0.4 is 10.7 Å². The molecule has 0 saturated heterocycles. The quantitative estimate of drug-likeness (QED) is 0.106. The van der Waals surface area contributed by atoms with Crippen LogP contribution in [0.5, 0.6) is 0 Å². The lowest BCUT2D eigenvalue weighted by Gasteiger charge is -2.22. The van der Waals surface area contributed by atoms with Gasteiger partial charge in [0.05, 0.1) is 38.3 Å². The number of halogens is 7. The number of furan rings is 1. The van der Waals surface area contributed by atoms with E-state index in [1.807, 2.05) is 10.7 Å². The van der Waals surface area contributed by atoms with Gasteiger partial charge in [-0.3, -0.25) is 9.59 Å². The van der Waals surface area contributed by atoms with Crippen molar-refractivity contribution in [2.45, 2.75) is 24.2 Å². The van der Waals surface area contributed by atoms with Crippen LogP contribution in [0.15, 0.2) is 87.2 Å². The molecule has 2 N–H and O–H groups in total. The summed E-state index contributed by atoms with van der Waals surface area (Å²) in [5.74, 6) is -2.31. The number of nitrogens with zero attached hydrogens (tertiary/aromatic N) is 2. The van der Waals surface area contributed by atoms with Crippen molar-refractivity contribution < 1.29 is 35.6 Å². The van der Waals surface area contributed by atoms with Gasteiger partial charge < -0.3 is 9.73 Å². The van der Waals surface area contributed by atoms with Gasteiger partial charge in [-0.25, -0.2) is 13.8 Å². The zero-order valence-corrected chi connectivity index (χ0v) is 26.2. The summed E-state index contributed by atoms with van der Waals surface area (Å²) in [4.78, 5) is 24.2. The number of rotatable bonds is 9. The maximum Gasteiger partial charge on any atom is 0.417 e. The molecule has 1 aromatic heterocycles. The lowest BCUT2D eigenvalue weighted by Crippen LogP contribution is -2.32. The summed E-state index contributed by atoms with van der Waals surface area (Å²) in [5, 5.41) is 5.94. The summed E-state index contributed by atoms with van der Waals surface area (Å²) < 4.78 is 73.0. The molecule has 0 saturated carbocycles. The molecule has 0 aliphatic heterocycles. The van der Waals surface area contributed by atoms with E-state index in [0.29, 0.717) is 21.7 Å². The van der Waals surface area contributed by atoms with Crippen molar-refractivity contribution in [2.75, 3.05) is 5.32 Å². The van der Waals surface area contributed by atoms with Gasteiger partial charge in [0, 0.05) is 17.3 Å². The molecular formula is C28H19Cl4F3N4O5S. The molecule has 4 aromatic rings. The Morgan fingerprint density at radius 1 is 0.844 bits per heavy atom. The first-order valence-electron chi connectivity index (χ1n) is 12.4. The van der Waals surface area contributed by atoms with Gasteiger partial charge in [-0.1, -0.05) is 52.5 Å². The van der Waals surface area contributed by atoms with E-state index >= 15 is 0 Å². The highest BCUT2D eigenvalue weighted by Crippen LogP contribution is 2.36. The first-order chi connectivity index (χ1) is 21.1. The molecule has 9 nitrogen and oxygen atoms in total. The number of amides is 2. The molecule has 236 valence electrons. The van der Waals surface area contributed by atoms with Crippen molar-refractivity contribution in [1.29, 1.82) is 0 Å². The molecule has 0 aliphatic rings. The van der Waals surface area contributed by atoms with Crippen LogP contribution >= 0.6 is 46.4 Å². The van der Waals surface area contributed by atoms with Gasteiger partial charge in [0.15, 0.2) is 0 Å². The molecule has 0 spiro atoms. The third kappa shape index (κ3) is 9.00. The molecule has 0 unspecified atom stereocenters. The summed E-state index contributed by atoms with van der Waals surface area (Å²) >= 11 is 23.6. The van der Waals surface area contributed by atoms with Crippen molar-refractivity contribution in [3.63, 3.8) is 0 Å². The second-order valence-electron chi connectivity index (χ2n) is 9.13. The second kappa shape index (κ2) is 14.2. The molecular weight excluding hydrogens is 703 g/mol. The Morgan fingerprint density at radius 2 is 1.53 bits per heavy atom. The molecule has 0 aliphatic carbocycles. The number of nitrogens with one attached hydrogen (secondary N) is 2. The first-order valence-corrected chi connectivity index (χ1v) is 15.4. The standard InChI is InChI=1S/C28H19Cl4F3N4O5S/c29-17-2-7-21(8-3-17)45(42,43)39(14-16-1-9-24(31)25(32)11-16)15-20-6-5-19(44-20)13-36-38-27(41)26(40)37-18-4-10-23(30)22(12-18)28(33,34)35/h1-13H,14-15H2,(H,37,40)(H,38,41)/b36-13+. The molecule has 4 rings (SSSR count). The predicted octanol–water partition coefficient (Wildman–Crippen LogP) is 7.39. The minimum atomic E-state index is -4.77. The summed E-state index contributed by atoms with van der Waals surface area (Å²) in [6.45, 7) is -0.329. The van der Waals surface area contributed by atoms with E-state index in [4.69, 9.17) is 50.8 Å². The molecule has 0 atom stereocenters. The van der Waals surface area contributed by atoms with Gasteiger partial charge in [-0.2, -0.15) is 22.6 Å². The summed E-state index contributed by atoms with van der Waals surface area (Å²) in [6, 6.07) is 15.8. The van der Waals surface area contributed by atoms with E-state index in [1.165, 1.54) is 48.5 Å². The van der Waals surface area contributed by atoms with Gasteiger partial charge in [0.25, 0.3) is 0 Å². The normalized spacial score (nSPS) is 12.1. The first kappa shape index (κ1) is 34.3. The smallest absolute Gasteiger partial charge is 0.417 e. The summed E-state index contributed by atoms with van der Waals surface area (Å²) in [5.41, 5.74) is 0.962. The maximum atomic E-state index is 13.5. The molecule has 0 fully saturated rings. The van der Waals surface area contributed by atoms with Gasteiger partial charge >= 0.3 is 18.0 Å². The van der Waals surface area contributed by atoms with E-state index in [0.717, 1.165) is 22.7 Å². The van der Waals surface area contributed by atoms with Crippen molar-refractivity contribution in [2.24, 2.45) is 5.10 Å². The topological polar surface area (TPSA) is 121 Å². The van der Waals surface area contributed by atoms with Crippen LogP contribution in [0.25, 0.3) is 0 Å². The fourth-order valence-corrected chi connectivity index (χ4v) is 5.82. The number of anilines is 1. The number of alkyl halides is 3. The number of benzene rings is 3. The average molecular weight is 722 g/mol. The molecule has 17 heteroatoms. The van der Waals surface area contributed by atoms with Crippen LogP contribution in [0, 0.1) is 0 Å². The molecule has 3 aromatic carbocycles. The fraction of sp³-hybridized carbons (Fsp3) is 0.107. The van der Waals surface area contributed by atoms with Crippen LogP contribution in [0.2, 0.25) is 20.1 Å². The van der Waals surface area contributed by atoms with Gasteiger partial charge in [-0.05, 0) is 72.3 Å². The Hall–Kier alpha value is -3.59. The number of sulfonamides is 1. The van der Waals surface area contributed by atoms with E-state index in [2.05, 4.69) is 5.10 Å². The van der Waals surface area contributed by atoms with Crippen LogP contribution in [0.1, 0.15) is 22.6 Å². The van der Waals surface area contributed by atoms with Crippen molar-refractivity contribution in [1.82, 2.24) is 9.73 Å². The molecule has 0 bridgehead atoms. The van der Waals surface area contributed by atoms with Crippen LogP contribution in [-0.2, 0) is 38.9 Å². The number of hydrogen-bond acceptors (Lipinski definition) is 6. The number of carbonyl (C=O) groups is 2. The SMILES string of the molecule is O=C(N/N=C/c1ccc(CN(Cc2ccc(Cl)c(Cl)c2)S(=O)(=O)c2ccc(Cl)cc2)o1)C(=O)Nc1ccc(Cl)c(C(F)(F)F)c1. The Bertz CT molecular complexity index is 1870. The Kier molecular flexibility index (Phi) is 10.8. The highest BCUT2D eigenvalue weighted by Gasteiger charge is 2.33. The molecule has 0 radical (unpaired) electrons. The van der Waals surface area contributed by atoms with Gasteiger partial charge in [-0.15, -0.1) is 0 Å². The van der Waals surface area contributed by atoms with Crippen LogP contribution in [0.4, 0.5) is 18.9 Å². The number of hydrogen-bond donors (Lipinski definition) is 2. The summed E-state index contributed by atoms with van der Waals surface area (Å²) in [6.07, 6.45) is -3.73. The number of carbonyl (C=O) groups excluding carboxylic acids is 2. The Balaban J connectivity index is 1.44. The van der Waals surface area contributed by atoms with Crippen LogP contribution in [-0.4, -0.2) is 30.8 Å². The average Bonchev–Trinajstić information content (AvgIpc) is 3.42. The van der Waals surface area contributed by atoms with Gasteiger partial charge in [0.2, 0.25) is 10.0 Å². The van der Waals surface area contributed by atoms with Crippen molar-refractivity contribution in [3.8, 4) is 0 Å². The lowest BCUT2D eigenvalue weighted by atomic mass is 10.2. The summed E-state index contributed by atoms with van der Waals surface area (Å²) in [7, 11) is -4.07. The Morgan fingerprint density at radius 3 is 2.20 bits per heavy atom. The Labute approximate surface area is 274 Å². The third-order valence-electron chi connectivity index (χ3n) is 5.90. The zero-order chi connectivity index (χ0) is 32.9. The molecule has 2 amide bonds. The zero-order valence-electron chi connectivity index (χ0n) is 22.4. The van der Waals surface area contributed by atoms with Crippen LogP contribution in [0.3, 0.4) is 0 Å². The minimum absolute atomic E-state index is 0.0190. The van der Waals surface area contributed by atoms with E-state index in [9.17, 15) is 31.2 Å². The molecule has 1 heterocycles. The predicted molar refractivity (Wildman–Crippen MR) is 164 cm³/mol. The minimum Gasteiger partial charge on any atom is -0.459 e. The van der Waals surface area contributed by atoms with E-state index < -0.39 is 38.6 Å². The molecule has 45 heavy (non-hydrogen) atoms. The second-order valence-corrected chi connectivity index (χ2v) is 12.7. The highest BCUT2D eigenvalue weighted by molar-refractivity contribution is 7.89. The van der Waals surface area contributed by atoms with E-state index in [1.54, 1.807) is 6.07 Å². The third-order valence-corrected chi connectivity index (χ3v) is 9.03. The monoisotopic (exact) mass is 720 g/mol. The fourth-order valence-electron chi connectivity index (χ4n) is 3.76.